The molecule has 5 nitrogen and oxygen atoms in total. The molecule has 1 aliphatic heterocycles. The summed E-state index contributed by atoms with van der Waals surface area (Å²) in [4.78, 5) is 25.3. The van der Waals surface area contributed by atoms with Gasteiger partial charge in [0.2, 0.25) is 5.91 Å². The summed E-state index contributed by atoms with van der Waals surface area (Å²) in [6, 6.07) is 11.2. The lowest BCUT2D eigenvalue weighted by Gasteiger charge is -2.25. The molecular formula is C21H15BrFNO4S. The van der Waals surface area contributed by atoms with Crippen LogP contribution in [0.3, 0.4) is 0 Å². The minimum Gasteiger partial charge on any atom is -0.496 e. The van der Waals surface area contributed by atoms with Crippen molar-refractivity contribution >= 4 is 44.8 Å². The van der Waals surface area contributed by atoms with E-state index in [1.165, 1.54) is 18.2 Å². The lowest BCUT2D eigenvalue weighted by molar-refractivity contribution is -0.116. The van der Waals surface area contributed by atoms with Gasteiger partial charge in [-0.1, -0.05) is 28.1 Å². The van der Waals surface area contributed by atoms with Gasteiger partial charge in [0, 0.05) is 32.8 Å². The number of carbonyl (C=O) groups is 2. The van der Waals surface area contributed by atoms with Gasteiger partial charge in [0.1, 0.15) is 16.4 Å². The number of aromatic carboxylic acids is 1. The highest BCUT2D eigenvalue weighted by Gasteiger charge is 2.35. The van der Waals surface area contributed by atoms with Crippen molar-refractivity contribution in [3.05, 3.63) is 68.1 Å². The first-order valence-electron chi connectivity index (χ1n) is 8.68. The van der Waals surface area contributed by atoms with Gasteiger partial charge in [0.25, 0.3) is 0 Å². The van der Waals surface area contributed by atoms with E-state index in [9.17, 15) is 19.1 Å². The third kappa shape index (κ3) is 3.54. The van der Waals surface area contributed by atoms with Crippen LogP contribution >= 0.6 is 27.3 Å². The van der Waals surface area contributed by atoms with Crippen LogP contribution in [0.5, 0.6) is 5.75 Å². The van der Waals surface area contributed by atoms with Crippen molar-refractivity contribution in [2.45, 2.75) is 12.3 Å². The van der Waals surface area contributed by atoms with Gasteiger partial charge in [-0.25, -0.2) is 9.18 Å². The standard InChI is InChI=1S/C21H15BrFNO4S/c1-28-15-6-5-11(22)8-13(15)14-9-16(25)24-18-17(10-3-2-4-12(23)7-10)20(21(26)27)29-19(14)18/h2-8,14H,9H2,1H3,(H,24,25)(H,26,27)/t14-/m1/s1. The van der Waals surface area contributed by atoms with Crippen molar-refractivity contribution in [2.75, 3.05) is 12.4 Å². The average molecular weight is 476 g/mol. The Morgan fingerprint density at radius 1 is 1.31 bits per heavy atom. The largest absolute Gasteiger partial charge is 0.496 e. The fourth-order valence-corrected chi connectivity index (χ4v) is 5.20. The number of anilines is 1. The van der Waals surface area contributed by atoms with Crippen LogP contribution in [0.2, 0.25) is 0 Å². The zero-order chi connectivity index (χ0) is 20.7. The van der Waals surface area contributed by atoms with Crippen LogP contribution in [0.4, 0.5) is 10.1 Å². The molecular weight excluding hydrogens is 461 g/mol. The Morgan fingerprint density at radius 3 is 2.79 bits per heavy atom. The molecule has 1 amide bonds. The number of thiophene rings is 1. The molecule has 0 bridgehead atoms. The molecule has 148 valence electrons. The molecule has 2 aromatic carbocycles. The van der Waals surface area contributed by atoms with E-state index in [1.807, 2.05) is 12.1 Å². The van der Waals surface area contributed by atoms with E-state index in [0.29, 0.717) is 27.4 Å². The first-order chi connectivity index (χ1) is 13.9. The first kappa shape index (κ1) is 19.6. The van der Waals surface area contributed by atoms with Crippen LogP contribution in [0.25, 0.3) is 11.1 Å². The Morgan fingerprint density at radius 2 is 2.10 bits per heavy atom. The second-order valence-electron chi connectivity index (χ2n) is 6.55. The predicted octanol–water partition coefficient (Wildman–Crippen LogP) is 5.50. The third-order valence-corrected chi connectivity index (χ3v) is 6.57. The van der Waals surface area contributed by atoms with E-state index in [2.05, 4.69) is 21.2 Å². The van der Waals surface area contributed by atoms with E-state index < -0.39 is 11.8 Å². The van der Waals surface area contributed by atoms with Gasteiger partial charge in [0.15, 0.2) is 0 Å². The van der Waals surface area contributed by atoms with Crippen molar-refractivity contribution in [1.82, 2.24) is 0 Å². The number of ether oxygens (including phenoxy) is 1. The number of carboxylic acids is 1. The lowest BCUT2D eigenvalue weighted by Crippen LogP contribution is -2.22. The van der Waals surface area contributed by atoms with Crippen LogP contribution < -0.4 is 10.1 Å². The molecule has 1 aliphatic rings. The summed E-state index contributed by atoms with van der Waals surface area (Å²) in [6.07, 6.45) is 0.155. The van der Waals surface area contributed by atoms with Crippen LogP contribution in [0.15, 0.2) is 46.9 Å². The number of carboxylic acid groups (broad SMARTS) is 1. The Balaban J connectivity index is 1.97. The third-order valence-electron chi connectivity index (χ3n) is 4.78. The molecule has 0 saturated carbocycles. The van der Waals surface area contributed by atoms with Crippen molar-refractivity contribution in [3.63, 3.8) is 0 Å². The summed E-state index contributed by atoms with van der Waals surface area (Å²) < 4.78 is 20.1. The number of carbonyl (C=O) groups excluding carboxylic acids is 1. The Labute approximate surface area is 178 Å². The summed E-state index contributed by atoms with van der Waals surface area (Å²) in [5.41, 5.74) is 1.93. The topological polar surface area (TPSA) is 75.6 Å². The summed E-state index contributed by atoms with van der Waals surface area (Å²) in [5, 5.41) is 12.6. The summed E-state index contributed by atoms with van der Waals surface area (Å²) in [6.45, 7) is 0. The fourth-order valence-electron chi connectivity index (χ4n) is 3.59. The number of methoxy groups -OCH3 is 1. The summed E-state index contributed by atoms with van der Waals surface area (Å²) in [5.74, 6) is -1.62. The van der Waals surface area contributed by atoms with Gasteiger partial charge >= 0.3 is 5.97 Å². The van der Waals surface area contributed by atoms with Gasteiger partial charge < -0.3 is 15.2 Å². The Bertz CT molecular complexity index is 1140. The molecule has 3 aromatic rings. The summed E-state index contributed by atoms with van der Waals surface area (Å²) in [7, 11) is 1.55. The molecule has 1 atom stereocenters. The van der Waals surface area contributed by atoms with Crippen LogP contribution in [-0.4, -0.2) is 24.1 Å². The van der Waals surface area contributed by atoms with Crippen LogP contribution in [0.1, 0.15) is 32.5 Å². The Hall–Kier alpha value is -2.71. The highest BCUT2D eigenvalue weighted by Crippen LogP contribution is 2.51. The smallest absolute Gasteiger partial charge is 0.346 e. The molecule has 0 saturated heterocycles. The second kappa shape index (κ2) is 7.61. The highest BCUT2D eigenvalue weighted by molar-refractivity contribution is 9.10. The fraction of sp³-hybridized carbons (Fsp3) is 0.143. The van der Waals surface area contributed by atoms with Crippen LogP contribution in [-0.2, 0) is 4.79 Å². The van der Waals surface area contributed by atoms with E-state index in [-0.39, 0.29) is 23.1 Å². The molecule has 4 rings (SSSR count). The van der Waals surface area contributed by atoms with E-state index in [0.717, 1.165) is 21.4 Å². The molecule has 0 spiro atoms. The predicted molar refractivity (Wildman–Crippen MR) is 112 cm³/mol. The van der Waals surface area contributed by atoms with Gasteiger partial charge in [-0.15, -0.1) is 11.3 Å². The van der Waals surface area contributed by atoms with E-state index >= 15 is 0 Å². The van der Waals surface area contributed by atoms with E-state index in [4.69, 9.17) is 4.74 Å². The molecule has 0 fully saturated rings. The number of hydrogen-bond acceptors (Lipinski definition) is 4. The van der Waals surface area contributed by atoms with Crippen molar-refractivity contribution in [2.24, 2.45) is 0 Å². The zero-order valence-electron chi connectivity index (χ0n) is 15.2. The quantitative estimate of drug-likeness (QED) is 0.522. The number of benzene rings is 2. The van der Waals surface area contributed by atoms with Gasteiger partial charge in [0.05, 0.1) is 12.8 Å². The van der Waals surface area contributed by atoms with Gasteiger partial charge in [-0.2, -0.15) is 0 Å². The first-order valence-corrected chi connectivity index (χ1v) is 10.3. The normalized spacial score (nSPS) is 15.6. The molecule has 2 heterocycles. The monoisotopic (exact) mass is 475 g/mol. The van der Waals surface area contributed by atoms with Crippen LogP contribution in [0, 0.1) is 5.82 Å². The average Bonchev–Trinajstić information content (AvgIpc) is 3.07. The van der Waals surface area contributed by atoms with Crippen molar-refractivity contribution < 1.29 is 23.8 Å². The maximum Gasteiger partial charge on any atom is 0.346 e. The van der Waals surface area contributed by atoms with Crippen molar-refractivity contribution in [3.8, 4) is 16.9 Å². The minimum absolute atomic E-state index is 0.0572. The maximum absolute atomic E-state index is 13.8. The minimum atomic E-state index is -1.13. The summed E-state index contributed by atoms with van der Waals surface area (Å²) >= 11 is 4.54. The molecule has 29 heavy (non-hydrogen) atoms. The molecule has 0 aliphatic carbocycles. The SMILES string of the molecule is COc1ccc(Br)cc1[C@H]1CC(=O)Nc2c1sc(C(=O)O)c2-c1cccc(F)c1. The lowest BCUT2D eigenvalue weighted by atomic mass is 9.88. The van der Waals surface area contributed by atoms with Gasteiger partial charge in [-0.3, -0.25) is 4.79 Å². The highest BCUT2D eigenvalue weighted by atomic mass is 79.9. The number of halogens is 2. The van der Waals surface area contributed by atoms with Gasteiger partial charge in [-0.05, 0) is 35.9 Å². The number of fused-ring (bicyclic) bond motifs is 1. The second-order valence-corrected chi connectivity index (χ2v) is 8.52. The molecule has 2 N–H and O–H groups in total. The maximum atomic E-state index is 13.8. The van der Waals surface area contributed by atoms with E-state index in [1.54, 1.807) is 19.2 Å². The number of hydrogen-bond donors (Lipinski definition) is 2. The molecule has 8 heteroatoms. The molecule has 0 radical (unpaired) electrons. The Kier molecular flexibility index (Phi) is 5.14. The molecule has 0 unspecified atom stereocenters. The molecule has 1 aromatic heterocycles. The number of rotatable bonds is 4. The number of amides is 1. The zero-order valence-corrected chi connectivity index (χ0v) is 17.6. The number of nitrogens with one attached hydrogen (secondary N) is 1. The van der Waals surface area contributed by atoms with Crippen molar-refractivity contribution in [1.29, 1.82) is 0 Å².